The fraction of sp³-hybridized carbons (Fsp3) is 0.875. The highest BCUT2D eigenvalue weighted by Crippen LogP contribution is 2.15. The molecule has 0 bridgehead atoms. The Kier molecular flexibility index (Phi) is 3.65. The van der Waals surface area contributed by atoms with Crippen LogP contribution >= 0.6 is 0 Å². The van der Waals surface area contributed by atoms with Crippen molar-refractivity contribution in [3.05, 3.63) is 0 Å². The summed E-state index contributed by atoms with van der Waals surface area (Å²) in [6, 6.07) is -0.161. The SMILES string of the molecule is COC1CC(O)OCC1NC(C)=O. The van der Waals surface area contributed by atoms with Gasteiger partial charge in [0.15, 0.2) is 6.29 Å². The van der Waals surface area contributed by atoms with Crippen LogP contribution in [0.5, 0.6) is 0 Å². The molecule has 0 aromatic carbocycles. The molecule has 5 nitrogen and oxygen atoms in total. The molecule has 0 radical (unpaired) electrons. The Morgan fingerprint density at radius 3 is 2.92 bits per heavy atom. The number of aliphatic hydroxyl groups excluding tert-OH is 1. The van der Waals surface area contributed by atoms with Crippen LogP contribution in [0.15, 0.2) is 0 Å². The normalized spacial score (nSPS) is 34.2. The molecular weight excluding hydrogens is 174 g/mol. The van der Waals surface area contributed by atoms with E-state index in [4.69, 9.17) is 14.6 Å². The van der Waals surface area contributed by atoms with Gasteiger partial charge in [0, 0.05) is 20.5 Å². The lowest BCUT2D eigenvalue weighted by atomic mass is 10.1. The predicted octanol–water partition coefficient (Wildman–Crippen LogP) is -0.755. The van der Waals surface area contributed by atoms with E-state index in [-0.39, 0.29) is 18.1 Å². The summed E-state index contributed by atoms with van der Waals surface area (Å²) in [7, 11) is 1.55. The highest BCUT2D eigenvalue weighted by Gasteiger charge is 2.30. The van der Waals surface area contributed by atoms with Crippen LogP contribution < -0.4 is 5.32 Å². The van der Waals surface area contributed by atoms with Crippen LogP contribution in [0, 0.1) is 0 Å². The Bertz CT molecular complexity index is 185. The van der Waals surface area contributed by atoms with E-state index in [1.54, 1.807) is 7.11 Å². The lowest BCUT2D eigenvalue weighted by Gasteiger charge is -2.33. The molecule has 0 aromatic heterocycles. The summed E-state index contributed by atoms with van der Waals surface area (Å²) >= 11 is 0. The molecule has 1 aliphatic rings. The third-order valence-electron chi connectivity index (χ3n) is 2.04. The van der Waals surface area contributed by atoms with E-state index in [0.29, 0.717) is 13.0 Å². The largest absolute Gasteiger partial charge is 0.379 e. The van der Waals surface area contributed by atoms with Crippen LogP contribution in [0.2, 0.25) is 0 Å². The van der Waals surface area contributed by atoms with Gasteiger partial charge in [-0.15, -0.1) is 0 Å². The fourth-order valence-corrected chi connectivity index (χ4v) is 1.41. The molecule has 1 heterocycles. The third-order valence-corrected chi connectivity index (χ3v) is 2.04. The van der Waals surface area contributed by atoms with Crippen molar-refractivity contribution in [3.8, 4) is 0 Å². The second-order valence-electron chi connectivity index (χ2n) is 3.10. The zero-order valence-corrected chi connectivity index (χ0v) is 7.82. The van der Waals surface area contributed by atoms with Crippen molar-refractivity contribution in [1.29, 1.82) is 0 Å². The fourth-order valence-electron chi connectivity index (χ4n) is 1.41. The first-order chi connectivity index (χ1) is 6.13. The minimum atomic E-state index is -0.782. The van der Waals surface area contributed by atoms with Crippen LogP contribution in [0.25, 0.3) is 0 Å². The zero-order valence-electron chi connectivity index (χ0n) is 7.82. The maximum Gasteiger partial charge on any atom is 0.217 e. The van der Waals surface area contributed by atoms with Crippen LogP contribution in [0.1, 0.15) is 13.3 Å². The first-order valence-electron chi connectivity index (χ1n) is 4.23. The average Bonchev–Trinajstić information content (AvgIpc) is 2.07. The van der Waals surface area contributed by atoms with Crippen LogP contribution in [0.4, 0.5) is 0 Å². The molecule has 0 aromatic rings. The average molecular weight is 189 g/mol. The smallest absolute Gasteiger partial charge is 0.217 e. The quantitative estimate of drug-likeness (QED) is 0.599. The van der Waals surface area contributed by atoms with Crippen molar-refractivity contribution in [2.75, 3.05) is 13.7 Å². The molecule has 3 unspecified atom stereocenters. The lowest BCUT2D eigenvalue weighted by molar-refractivity contribution is -0.172. The number of methoxy groups -OCH3 is 1. The summed E-state index contributed by atoms with van der Waals surface area (Å²) in [6.07, 6.45) is -0.566. The minimum Gasteiger partial charge on any atom is -0.379 e. The van der Waals surface area contributed by atoms with Gasteiger partial charge < -0.3 is 19.9 Å². The Balaban J connectivity index is 2.47. The molecule has 1 fully saturated rings. The number of carbonyl (C=O) groups excluding carboxylic acids is 1. The van der Waals surface area contributed by atoms with E-state index in [1.165, 1.54) is 6.92 Å². The van der Waals surface area contributed by atoms with Crippen LogP contribution in [-0.2, 0) is 14.3 Å². The number of rotatable bonds is 2. The van der Waals surface area contributed by atoms with Gasteiger partial charge in [-0.25, -0.2) is 0 Å². The summed E-state index contributed by atoms with van der Waals surface area (Å²) < 4.78 is 10.1. The van der Waals surface area contributed by atoms with Gasteiger partial charge in [0.05, 0.1) is 18.8 Å². The van der Waals surface area contributed by atoms with E-state index in [9.17, 15) is 4.79 Å². The number of hydrogen-bond donors (Lipinski definition) is 2. The van der Waals surface area contributed by atoms with E-state index >= 15 is 0 Å². The second-order valence-corrected chi connectivity index (χ2v) is 3.10. The van der Waals surface area contributed by atoms with Crippen molar-refractivity contribution in [2.45, 2.75) is 31.8 Å². The molecule has 0 aliphatic carbocycles. The number of hydrogen-bond acceptors (Lipinski definition) is 4. The standard InChI is InChI=1S/C8H15NO4/c1-5(10)9-6-4-13-8(11)3-7(6)12-2/h6-8,11H,3-4H2,1-2H3,(H,9,10). The Labute approximate surface area is 77.0 Å². The summed E-state index contributed by atoms with van der Waals surface area (Å²) in [5.74, 6) is -0.118. The molecule has 1 saturated heterocycles. The Morgan fingerprint density at radius 1 is 1.69 bits per heavy atom. The topological polar surface area (TPSA) is 67.8 Å². The molecule has 13 heavy (non-hydrogen) atoms. The van der Waals surface area contributed by atoms with Gasteiger partial charge in [-0.1, -0.05) is 0 Å². The summed E-state index contributed by atoms with van der Waals surface area (Å²) in [5.41, 5.74) is 0. The molecule has 3 atom stereocenters. The first kappa shape index (κ1) is 10.4. The number of aliphatic hydroxyl groups is 1. The highest BCUT2D eigenvalue weighted by molar-refractivity contribution is 5.73. The van der Waals surface area contributed by atoms with Gasteiger partial charge >= 0.3 is 0 Å². The van der Waals surface area contributed by atoms with E-state index in [0.717, 1.165) is 0 Å². The molecule has 1 amide bonds. The first-order valence-corrected chi connectivity index (χ1v) is 4.23. The lowest BCUT2D eigenvalue weighted by Crippen LogP contribution is -2.51. The van der Waals surface area contributed by atoms with Crippen molar-refractivity contribution in [3.63, 3.8) is 0 Å². The molecule has 0 spiro atoms. The van der Waals surface area contributed by atoms with E-state index in [1.807, 2.05) is 0 Å². The minimum absolute atomic E-state index is 0.118. The third kappa shape index (κ3) is 2.95. The van der Waals surface area contributed by atoms with Gasteiger partial charge in [-0.2, -0.15) is 0 Å². The Morgan fingerprint density at radius 2 is 2.38 bits per heavy atom. The maximum absolute atomic E-state index is 10.8. The number of nitrogens with one attached hydrogen (secondary N) is 1. The summed E-state index contributed by atoms with van der Waals surface area (Å²) in [5, 5.41) is 11.9. The monoisotopic (exact) mass is 189 g/mol. The van der Waals surface area contributed by atoms with Gasteiger partial charge in [0.25, 0.3) is 0 Å². The molecule has 0 saturated carbocycles. The van der Waals surface area contributed by atoms with Crippen LogP contribution in [-0.4, -0.2) is 43.2 Å². The van der Waals surface area contributed by atoms with Crippen LogP contribution in [0.3, 0.4) is 0 Å². The molecule has 2 N–H and O–H groups in total. The van der Waals surface area contributed by atoms with E-state index in [2.05, 4.69) is 5.32 Å². The number of amides is 1. The van der Waals surface area contributed by atoms with Crippen molar-refractivity contribution in [2.24, 2.45) is 0 Å². The maximum atomic E-state index is 10.8. The summed E-state index contributed by atoms with van der Waals surface area (Å²) in [4.78, 5) is 10.8. The van der Waals surface area contributed by atoms with Crippen molar-refractivity contribution in [1.82, 2.24) is 5.32 Å². The molecule has 1 rings (SSSR count). The second kappa shape index (κ2) is 4.55. The van der Waals surface area contributed by atoms with E-state index < -0.39 is 6.29 Å². The zero-order chi connectivity index (χ0) is 9.84. The van der Waals surface area contributed by atoms with Gasteiger partial charge in [-0.05, 0) is 0 Å². The van der Waals surface area contributed by atoms with Gasteiger partial charge in [-0.3, -0.25) is 4.79 Å². The van der Waals surface area contributed by atoms with Crippen molar-refractivity contribution < 1.29 is 19.4 Å². The number of carbonyl (C=O) groups is 1. The predicted molar refractivity (Wildman–Crippen MR) is 45.0 cm³/mol. The molecule has 5 heteroatoms. The summed E-state index contributed by atoms with van der Waals surface area (Å²) in [6.45, 7) is 1.73. The molecule has 76 valence electrons. The van der Waals surface area contributed by atoms with Gasteiger partial charge in [0.1, 0.15) is 0 Å². The Hall–Kier alpha value is -0.650. The highest BCUT2D eigenvalue weighted by atomic mass is 16.6. The van der Waals surface area contributed by atoms with Crippen molar-refractivity contribution >= 4 is 5.91 Å². The molecular formula is C8H15NO4. The van der Waals surface area contributed by atoms with Gasteiger partial charge in [0.2, 0.25) is 5.91 Å². The molecule has 1 aliphatic heterocycles. The number of ether oxygens (including phenoxy) is 2.